The maximum Gasteiger partial charge on any atom is 0.233 e. The molecule has 0 aliphatic carbocycles. The monoisotopic (exact) mass is 341 g/mol. The highest BCUT2D eigenvalue weighted by atomic mass is 16.5. The first kappa shape index (κ1) is 17.2. The molecule has 0 radical (unpaired) electrons. The molecule has 1 aliphatic rings. The molecule has 0 unspecified atom stereocenters. The summed E-state index contributed by atoms with van der Waals surface area (Å²) in [7, 11) is 3.25. The average molecular weight is 341 g/mol. The lowest BCUT2D eigenvalue weighted by molar-refractivity contribution is 0.185. The Morgan fingerprint density at radius 2 is 2.20 bits per heavy atom. The van der Waals surface area contributed by atoms with E-state index in [2.05, 4.69) is 25.5 Å². The fourth-order valence-corrected chi connectivity index (χ4v) is 3.42. The third kappa shape index (κ3) is 3.59. The van der Waals surface area contributed by atoms with Crippen LogP contribution in [-0.2, 0) is 11.3 Å². The minimum Gasteiger partial charge on any atom is -0.480 e. The number of imidazole rings is 1. The molecule has 1 aliphatic heterocycles. The van der Waals surface area contributed by atoms with E-state index in [0.29, 0.717) is 24.0 Å². The molecule has 0 N–H and O–H groups in total. The SMILES string of the molecule is COCCn1ccnc1[C@H]1CCCN(c2ccnc(OC)c2C#N)C1. The summed E-state index contributed by atoms with van der Waals surface area (Å²) in [5.41, 5.74) is 1.38. The van der Waals surface area contributed by atoms with Gasteiger partial charge < -0.3 is 18.9 Å². The van der Waals surface area contributed by atoms with Gasteiger partial charge in [0, 0.05) is 51.3 Å². The number of piperidine rings is 1. The molecule has 7 nitrogen and oxygen atoms in total. The van der Waals surface area contributed by atoms with Crippen LogP contribution in [0.3, 0.4) is 0 Å². The highest BCUT2D eigenvalue weighted by Crippen LogP contribution is 2.33. The van der Waals surface area contributed by atoms with Crippen molar-refractivity contribution in [2.45, 2.75) is 25.3 Å². The predicted octanol–water partition coefficient (Wildman–Crippen LogP) is 2.19. The van der Waals surface area contributed by atoms with Gasteiger partial charge in [0.1, 0.15) is 17.5 Å². The van der Waals surface area contributed by atoms with Gasteiger partial charge in [-0.1, -0.05) is 0 Å². The zero-order valence-corrected chi connectivity index (χ0v) is 14.7. The van der Waals surface area contributed by atoms with Crippen molar-refractivity contribution in [3.63, 3.8) is 0 Å². The van der Waals surface area contributed by atoms with E-state index in [-0.39, 0.29) is 0 Å². The zero-order valence-electron chi connectivity index (χ0n) is 14.7. The maximum absolute atomic E-state index is 9.53. The van der Waals surface area contributed by atoms with Crippen molar-refractivity contribution in [3.05, 3.63) is 36.0 Å². The van der Waals surface area contributed by atoms with E-state index < -0.39 is 0 Å². The fraction of sp³-hybridized carbons (Fsp3) is 0.500. The molecule has 1 saturated heterocycles. The van der Waals surface area contributed by atoms with Gasteiger partial charge in [-0.3, -0.25) is 0 Å². The summed E-state index contributed by atoms with van der Waals surface area (Å²) in [4.78, 5) is 11.0. The fourth-order valence-electron chi connectivity index (χ4n) is 3.42. The number of nitriles is 1. The van der Waals surface area contributed by atoms with E-state index in [9.17, 15) is 5.26 Å². The Morgan fingerprint density at radius 3 is 2.96 bits per heavy atom. The number of nitrogens with zero attached hydrogens (tertiary/aromatic N) is 5. The van der Waals surface area contributed by atoms with Crippen LogP contribution in [0.15, 0.2) is 24.7 Å². The van der Waals surface area contributed by atoms with Gasteiger partial charge >= 0.3 is 0 Å². The molecule has 0 saturated carbocycles. The van der Waals surface area contributed by atoms with E-state index >= 15 is 0 Å². The highest BCUT2D eigenvalue weighted by molar-refractivity contribution is 5.63. The van der Waals surface area contributed by atoms with Gasteiger partial charge in [-0.15, -0.1) is 0 Å². The molecule has 0 bridgehead atoms. The first-order valence-corrected chi connectivity index (χ1v) is 8.46. The predicted molar refractivity (Wildman–Crippen MR) is 93.8 cm³/mol. The molecule has 3 rings (SSSR count). The lowest BCUT2D eigenvalue weighted by Crippen LogP contribution is -2.36. The van der Waals surface area contributed by atoms with Gasteiger partial charge in [0.15, 0.2) is 0 Å². The van der Waals surface area contributed by atoms with Gasteiger partial charge in [-0.05, 0) is 18.9 Å². The molecule has 1 atom stereocenters. The standard InChI is InChI=1S/C18H23N5O2/c1-24-11-10-22-9-7-20-17(22)14-4-3-8-23(13-14)16-5-6-21-18(25-2)15(16)12-19/h5-7,9,14H,3-4,8,10-11,13H2,1-2H3/t14-/m0/s1. The molecule has 2 aromatic rings. The minimum atomic E-state index is 0.325. The van der Waals surface area contributed by atoms with Crippen molar-refractivity contribution < 1.29 is 9.47 Å². The number of anilines is 1. The van der Waals surface area contributed by atoms with Crippen LogP contribution < -0.4 is 9.64 Å². The minimum absolute atomic E-state index is 0.325. The average Bonchev–Trinajstić information content (AvgIpc) is 3.14. The van der Waals surface area contributed by atoms with Crippen molar-refractivity contribution in [3.8, 4) is 11.9 Å². The van der Waals surface area contributed by atoms with E-state index in [1.54, 1.807) is 20.4 Å². The second kappa shape index (κ2) is 7.99. The summed E-state index contributed by atoms with van der Waals surface area (Å²) in [6.45, 7) is 3.21. The number of aromatic nitrogens is 3. The molecule has 1 fully saturated rings. The van der Waals surface area contributed by atoms with Crippen LogP contribution in [0.1, 0.15) is 30.1 Å². The molecular weight excluding hydrogens is 318 g/mol. The largest absolute Gasteiger partial charge is 0.480 e. The lowest BCUT2D eigenvalue weighted by atomic mass is 9.96. The molecule has 0 amide bonds. The van der Waals surface area contributed by atoms with Gasteiger partial charge in [0.05, 0.1) is 19.4 Å². The van der Waals surface area contributed by atoms with Crippen LogP contribution >= 0.6 is 0 Å². The van der Waals surface area contributed by atoms with Gasteiger partial charge in [0.25, 0.3) is 0 Å². The number of hydrogen-bond donors (Lipinski definition) is 0. The molecule has 2 aromatic heterocycles. The van der Waals surface area contributed by atoms with Crippen molar-refractivity contribution >= 4 is 5.69 Å². The van der Waals surface area contributed by atoms with Crippen molar-refractivity contribution in [2.24, 2.45) is 0 Å². The van der Waals surface area contributed by atoms with Crippen LogP contribution in [0.5, 0.6) is 5.88 Å². The smallest absolute Gasteiger partial charge is 0.233 e. The molecular formula is C18H23N5O2. The summed E-state index contributed by atoms with van der Waals surface area (Å²) >= 11 is 0. The Morgan fingerprint density at radius 1 is 1.32 bits per heavy atom. The summed E-state index contributed by atoms with van der Waals surface area (Å²) in [5.74, 6) is 1.79. The summed E-state index contributed by atoms with van der Waals surface area (Å²) in [6, 6.07) is 4.12. The number of rotatable bonds is 6. The zero-order chi connectivity index (χ0) is 17.6. The number of hydrogen-bond acceptors (Lipinski definition) is 6. The Bertz CT molecular complexity index is 752. The van der Waals surface area contributed by atoms with Crippen LogP contribution in [0.25, 0.3) is 0 Å². The maximum atomic E-state index is 9.53. The van der Waals surface area contributed by atoms with Crippen LogP contribution in [-0.4, -0.2) is 48.5 Å². The lowest BCUT2D eigenvalue weighted by Gasteiger charge is -2.34. The first-order valence-electron chi connectivity index (χ1n) is 8.46. The first-order chi connectivity index (χ1) is 12.3. The quantitative estimate of drug-likeness (QED) is 0.802. The van der Waals surface area contributed by atoms with Crippen LogP contribution in [0.4, 0.5) is 5.69 Å². The molecule has 0 aromatic carbocycles. The van der Waals surface area contributed by atoms with E-state index in [0.717, 1.165) is 44.0 Å². The molecule has 25 heavy (non-hydrogen) atoms. The molecule has 7 heteroatoms. The van der Waals surface area contributed by atoms with Crippen molar-refractivity contribution in [2.75, 3.05) is 38.8 Å². The number of pyridine rings is 1. The van der Waals surface area contributed by atoms with Gasteiger partial charge in [-0.2, -0.15) is 5.26 Å². The number of ether oxygens (including phenoxy) is 2. The second-order valence-corrected chi connectivity index (χ2v) is 6.08. The Hall–Kier alpha value is -2.59. The Balaban J connectivity index is 1.83. The van der Waals surface area contributed by atoms with Crippen molar-refractivity contribution in [1.82, 2.24) is 14.5 Å². The summed E-state index contributed by atoms with van der Waals surface area (Å²) in [5, 5.41) is 9.53. The topological polar surface area (TPSA) is 76.2 Å². The molecule has 3 heterocycles. The third-order valence-corrected chi connectivity index (χ3v) is 4.61. The van der Waals surface area contributed by atoms with E-state index in [4.69, 9.17) is 9.47 Å². The second-order valence-electron chi connectivity index (χ2n) is 6.08. The molecule has 0 spiro atoms. The molecule has 132 valence electrons. The highest BCUT2D eigenvalue weighted by Gasteiger charge is 2.27. The van der Waals surface area contributed by atoms with Gasteiger partial charge in [-0.25, -0.2) is 9.97 Å². The Labute approximate surface area is 147 Å². The van der Waals surface area contributed by atoms with E-state index in [1.165, 1.54) is 0 Å². The summed E-state index contributed by atoms with van der Waals surface area (Å²) < 4.78 is 12.6. The normalized spacial score (nSPS) is 17.3. The summed E-state index contributed by atoms with van der Waals surface area (Å²) in [6.07, 6.45) is 7.68. The van der Waals surface area contributed by atoms with Gasteiger partial charge in [0.2, 0.25) is 5.88 Å². The van der Waals surface area contributed by atoms with E-state index in [1.807, 2.05) is 18.5 Å². The van der Waals surface area contributed by atoms with Crippen LogP contribution in [0.2, 0.25) is 0 Å². The van der Waals surface area contributed by atoms with Crippen molar-refractivity contribution in [1.29, 1.82) is 5.26 Å². The Kier molecular flexibility index (Phi) is 5.51. The third-order valence-electron chi connectivity index (χ3n) is 4.61. The van der Waals surface area contributed by atoms with Crippen LogP contribution in [0, 0.1) is 11.3 Å². The number of methoxy groups -OCH3 is 2.